The van der Waals surface area contributed by atoms with Gasteiger partial charge >= 0.3 is 12.1 Å². The summed E-state index contributed by atoms with van der Waals surface area (Å²) in [7, 11) is 0. The van der Waals surface area contributed by atoms with Crippen LogP contribution in [0.25, 0.3) is 33.9 Å². The number of carbonyl (C=O) groups is 1. The molecule has 7 rings (SSSR count). The number of piperidine rings is 1. The van der Waals surface area contributed by atoms with E-state index in [-0.39, 0.29) is 28.9 Å². The van der Waals surface area contributed by atoms with Crippen LogP contribution in [0, 0.1) is 11.3 Å². The summed E-state index contributed by atoms with van der Waals surface area (Å²) < 4.78 is 54.1. The van der Waals surface area contributed by atoms with Crippen molar-refractivity contribution in [3.63, 3.8) is 0 Å². The molecule has 14 heteroatoms. The molecule has 5 heterocycles. The number of nitrogens with one attached hydrogen (secondary N) is 1. The first kappa shape index (κ1) is 36.0. The molecular weight excluding hydrogens is 673 g/mol. The maximum absolute atomic E-state index is 14.3. The van der Waals surface area contributed by atoms with Crippen LogP contribution in [0.2, 0.25) is 0 Å². The Labute approximate surface area is 301 Å². The number of hydrogen-bond donors (Lipinski definition) is 1. The predicted octanol–water partition coefficient (Wildman–Crippen LogP) is 7.58. The third-order valence-electron chi connectivity index (χ3n) is 10.8. The van der Waals surface area contributed by atoms with Gasteiger partial charge in [-0.15, -0.1) is 0 Å². The van der Waals surface area contributed by atoms with Crippen molar-refractivity contribution in [3.05, 3.63) is 42.0 Å². The highest BCUT2D eigenvalue weighted by atomic mass is 19.4. The number of nitrogens with zero attached hydrogens (tertiary/aromatic N) is 7. The normalized spacial score (nSPS) is 17.9. The Balaban J connectivity index is 1.24. The number of imidazole rings is 1. The van der Waals surface area contributed by atoms with Gasteiger partial charge in [0.15, 0.2) is 11.5 Å². The fourth-order valence-electron chi connectivity index (χ4n) is 7.79. The van der Waals surface area contributed by atoms with Crippen molar-refractivity contribution in [2.75, 3.05) is 55.8 Å². The van der Waals surface area contributed by atoms with Crippen molar-refractivity contribution in [2.45, 2.75) is 84.2 Å². The van der Waals surface area contributed by atoms with Gasteiger partial charge in [0.05, 0.1) is 54.2 Å². The molecule has 0 unspecified atom stereocenters. The van der Waals surface area contributed by atoms with E-state index in [1.54, 1.807) is 12.4 Å². The number of esters is 1. The summed E-state index contributed by atoms with van der Waals surface area (Å²) in [5.74, 6) is 0.756. The second-order valence-corrected chi connectivity index (χ2v) is 14.4. The third kappa shape index (κ3) is 7.58. The number of H-pyrrole nitrogens is 1. The number of aromatic amines is 1. The van der Waals surface area contributed by atoms with Crippen molar-refractivity contribution < 1.29 is 27.4 Å². The predicted molar refractivity (Wildman–Crippen MR) is 192 cm³/mol. The molecule has 2 saturated carbocycles. The number of aromatic nitrogens is 6. The molecule has 11 nitrogen and oxygen atoms in total. The van der Waals surface area contributed by atoms with E-state index in [0.29, 0.717) is 105 Å². The van der Waals surface area contributed by atoms with Crippen LogP contribution >= 0.6 is 0 Å². The quantitative estimate of drug-likeness (QED) is 0.138. The number of carbonyl (C=O) groups excluding carboxylic acids is 1. The summed E-state index contributed by atoms with van der Waals surface area (Å²) in [5.41, 5.74) is 2.41. The van der Waals surface area contributed by atoms with Crippen molar-refractivity contribution >= 4 is 28.6 Å². The van der Waals surface area contributed by atoms with Crippen LogP contribution in [0.5, 0.6) is 0 Å². The molecule has 3 fully saturated rings. The molecule has 0 amide bonds. The van der Waals surface area contributed by atoms with E-state index in [2.05, 4.69) is 31.7 Å². The second kappa shape index (κ2) is 15.0. The van der Waals surface area contributed by atoms with E-state index in [1.165, 1.54) is 12.3 Å². The fraction of sp³-hybridized carbons (Fsp3) is 0.579. The van der Waals surface area contributed by atoms with E-state index in [1.807, 2.05) is 19.9 Å². The van der Waals surface area contributed by atoms with E-state index < -0.39 is 11.7 Å². The average molecular weight is 721 g/mol. The van der Waals surface area contributed by atoms with Crippen LogP contribution in [0.1, 0.15) is 89.3 Å². The Morgan fingerprint density at radius 3 is 2.37 bits per heavy atom. The van der Waals surface area contributed by atoms with Crippen LogP contribution in [0.3, 0.4) is 0 Å². The van der Waals surface area contributed by atoms with Crippen molar-refractivity contribution in [1.29, 1.82) is 0 Å². The van der Waals surface area contributed by atoms with E-state index >= 15 is 0 Å². The lowest BCUT2D eigenvalue weighted by molar-refractivity contribution is -0.148. The minimum atomic E-state index is -4.53. The van der Waals surface area contributed by atoms with Gasteiger partial charge in [-0.1, -0.05) is 12.8 Å². The molecule has 4 aromatic heterocycles. The van der Waals surface area contributed by atoms with Gasteiger partial charge in [-0.05, 0) is 71.4 Å². The van der Waals surface area contributed by atoms with Gasteiger partial charge in [0.1, 0.15) is 17.0 Å². The third-order valence-corrected chi connectivity index (χ3v) is 10.8. The molecular formula is C38H47F3N8O3. The van der Waals surface area contributed by atoms with Gasteiger partial charge in [-0.25, -0.2) is 19.9 Å². The van der Waals surface area contributed by atoms with E-state index in [0.717, 1.165) is 37.9 Å². The zero-order valence-electron chi connectivity index (χ0n) is 30.1. The van der Waals surface area contributed by atoms with Crippen molar-refractivity contribution in [3.8, 4) is 22.8 Å². The Bertz CT molecular complexity index is 1860. The molecule has 0 radical (unpaired) electrons. The summed E-state index contributed by atoms with van der Waals surface area (Å²) in [6.07, 6.45) is 7.50. The maximum atomic E-state index is 14.3. The maximum Gasteiger partial charge on any atom is 0.418 e. The highest BCUT2D eigenvalue weighted by Gasteiger charge is 2.40. The fourth-order valence-corrected chi connectivity index (χ4v) is 7.79. The van der Waals surface area contributed by atoms with E-state index in [9.17, 15) is 18.0 Å². The molecule has 0 aromatic carbocycles. The number of hydrogen-bond acceptors (Lipinski definition) is 10. The summed E-state index contributed by atoms with van der Waals surface area (Å²) in [6.45, 7) is 10.3. The zero-order chi connectivity index (χ0) is 36.5. The lowest BCUT2D eigenvalue weighted by Gasteiger charge is -2.36. The van der Waals surface area contributed by atoms with Crippen LogP contribution in [0.15, 0.2) is 30.7 Å². The van der Waals surface area contributed by atoms with Gasteiger partial charge in [-0.3, -0.25) is 9.78 Å². The number of halogens is 3. The topological polar surface area (TPSA) is 122 Å². The molecule has 52 heavy (non-hydrogen) atoms. The highest BCUT2D eigenvalue weighted by molar-refractivity contribution is 5.91. The van der Waals surface area contributed by atoms with Crippen molar-refractivity contribution in [1.82, 2.24) is 29.9 Å². The highest BCUT2D eigenvalue weighted by Crippen LogP contribution is 2.46. The molecule has 3 aliphatic rings. The lowest BCUT2D eigenvalue weighted by atomic mass is 9.86. The summed E-state index contributed by atoms with van der Waals surface area (Å²) in [5, 5.41) is 0. The van der Waals surface area contributed by atoms with Crippen LogP contribution < -0.4 is 9.80 Å². The number of alkyl halides is 3. The summed E-state index contributed by atoms with van der Waals surface area (Å²) in [4.78, 5) is 43.4. The first-order valence-corrected chi connectivity index (χ1v) is 18.7. The molecule has 0 spiro atoms. The molecule has 1 aliphatic heterocycles. The number of ether oxygens (including phenoxy) is 2. The smallest absolute Gasteiger partial charge is 0.418 e. The first-order valence-electron chi connectivity index (χ1n) is 18.7. The monoisotopic (exact) mass is 720 g/mol. The Kier molecular flexibility index (Phi) is 10.4. The van der Waals surface area contributed by atoms with Gasteiger partial charge in [0.25, 0.3) is 0 Å². The van der Waals surface area contributed by atoms with Gasteiger partial charge in [0, 0.05) is 55.9 Å². The number of pyridine rings is 2. The van der Waals surface area contributed by atoms with E-state index in [4.69, 9.17) is 24.4 Å². The van der Waals surface area contributed by atoms with Gasteiger partial charge < -0.3 is 24.3 Å². The minimum Gasteiger partial charge on any atom is -0.466 e. The van der Waals surface area contributed by atoms with Crippen LogP contribution in [-0.4, -0.2) is 81.9 Å². The minimum absolute atomic E-state index is 0.0341. The molecule has 1 N–H and O–H groups in total. The second-order valence-electron chi connectivity index (χ2n) is 14.4. The standard InChI is InChI=1S/C38H47F3N8O3/c1-4-48(22-37(23-51-5-2)13-7-8-14-37)30-18-28(26-17-27(38(39,40)41)32(44-19-26)24-9-10-24)45-35-33(30)46-34(47-35)29-20-43-31(21-42-29)49-15-11-25(12-16-49)36(50)52-6-3/h17-21,24-25H,4-16,22-23H2,1-3H3,(H,45,46,47). The number of rotatable bonds is 13. The number of fused-ring (bicyclic) bond motifs is 1. The lowest BCUT2D eigenvalue weighted by Crippen LogP contribution is -2.39. The van der Waals surface area contributed by atoms with Gasteiger partial charge in [0.2, 0.25) is 0 Å². The molecule has 0 atom stereocenters. The molecule has 2 aliphatic carbocycles. The molecule has 4 aromatic rings. The van der Waals surface area contributed by atoms with Crippen LogP contribution in [0.4, 0.5) is 24.7 Å². The van der Waals surface area contributed by atoms with Crippen LogP contribution in [-0.2, 0) is 20.4 Å². The average Bonchev–Trinajstić information content (AvgIpc) is 3.75. The first-order chi connectivity index (χ1) is 25.1. The molecule has 278 valence electrons. The van der Waals surface area contributed by atoms with Gasteiger partial charge in [-0.2, -0.15) is 13.2 Å². The number of anilines is 2. The summed E-state index contributed by atoms with van der Waals surface area (Å²) in [6, 6.07) is 3.05. The molecule has 1 saturated heterocycles. The largest absolute Gasteiger partial charge is 0.466 e. The summed E-state index contributed by atoms with van der Waals surface area (Å²) >= 11 is 0. The Hall–Kier alpha value is -4.33. The Morgan fingerprint density at radius 2 is 1.73 bits per heavy atom. The Morgan fingerprint density at radius 1 is 0.962 bits per heavy atom. The zero-order valence-corrected chi connectivity index (χ0v) is 30.1. The van der Waals surface area contributed by atoms with Crippen molar-refractivity contribution in [2.24, 2.45) is 11.3 Å². The SMILES string of the molecule is CCOCC1(CN(CC)c2cc(-c3cnc(C4CC4)c(C(F)(F)F)c3)nc3nc(-c4cnc(N5CCC(C(=O)OCC)CC5)cn4)[nH]c23)CCCC1. The molecule has 0 bridgehead atoms.